The van der Waals surface area contributed by atoms with Crippen molar-refractivity contribution in [2.45, 2.75) is 70.9 Å². The normalized spacial score (nSPS) is 16.6. The highest BCUT2D eigenvalue weighted by molar-refractivity contribution is 9.10. The van der Waals surface area contributed by atoms with Crippen molar-refractivity contribution in [3.05, 3.63) is 27.7 Å². The number of benzene rings is 1. The van der Waals surface area contributed by atoms with Crippen LogP contribution in [0.4, 0.5) is 5.69 Å². The largest absolute Gasteiger partial charge is 0.398 e. The first kappa shape index (κ1) is 19.8. The summed E-state index contributed by atoms with van der Waals surface area (Å²) in [5, 5.41) is 0. The molecule has 0 aromatic heterocycles. The van der Waals surface area contributed by atoms with Gasteiger partial charge in [-0.15, -0.1) is 12.4 Å². The van der Waals surface area contributed by atoms with Crippen molar-refractivity contribution in [1.29, 1.82) is 0 Å². The van der Waals surface area contributed by atoms with Crippen LogP contribution < -0.4 is 5.73 Å². The number of hydrogen-bond donors (Lipinski definition) is 1. The van der Waals surface area contributed by atoms with Gasteiger partial charge in [0, 0.05) is 17.1 Å². The molecule has 2 N–H and O–H groups in total. The van der Waals surface area contributed by atoms with Gasteiger partial charge in [0.05, 0.1) is 5.69 Å². The molecule has 1 aliphatic carbocycles. The first-order chi connectivity index (χ1) is 9.79. The predicted octanol–water partition coefficient (Wildman–Crippen LogP) is 5.52. The van der Waals surface area contributed by atoms with Crippen LogP contribution >= 0.6 is 28.3 Å². The molecule has 0 saturated heterocycles. The minimum atomic E-state index is 0. The molecule has 4 heteroatoms. The van der Waals surface area contributed by atoms with Crippen LogP contribution in [0, 0.1) is 0 Å². The van der Waals surface area contributed by atoms with E-state index in [1.165, 1.54) is 43.2 Å². The molecule has 1 aromatic rings. The lowest BCUT2D eigenvalue weighted by Crippen LogP contribution is -2.33. The highest BCUT2D eigenvalue weighted by atomic mass is 79.9. The van der Waals surface area contributed by atoms with Gasteiger partial charge in [-0.3, -0.25) is 4.90 Å². The topological polar surface area (TPSA) is 29.3 Å². The molecule has 2 nitrogen and oxygen atoms in total. The van der Waals surface area contributed by atoms with E-state index in [4.69, 9.17) is 5.73 Å². The quantitative estimate of drug-likeness (QED) is 0.690. The van der Waals surface area contributed by atoms with E-state index in [1.54, 1.807) is 0 Å². The first-order valence-electron chi connectivity index (χ1n) is 8.07. The van der Waals surface area contributed by atoms with Gasteiger partial charge >= 0.3 is 0 Å². The second-order valence-corrected chi connectivity index (χ2v) is 8.34. The van der Waals surface area contributed by atoms with Crippen LogP contribution in [0.25, 0.3) is 0 Å². The van der Waals surface area contributed by atoms with E-state index in [1.807, 2.05) is 0 Å². The molecule has 0 radical (unpaired) electrons. The summed E-state index contributed by atoms with van der Waals surface area (Å²) < 4.78 is 1.03. The van der Waals surface area contributed by atoms with Gasteiger partial charge in [0.1, 0.15) is 0 Å². The zero-order valence-corrected chi connectivity index (χ0v) is 16.7. The molecule has 1 fully saturated rings. The van der Waals surface area contributed by atoms with E-state index >= 15 is 0 Å². The summed E-state index contributed by atoms with van der Waals surface area (Å²) in [5.41, 5.74) is 9.94. The molecule has 1 aromatic carbocycles. The van der Waals surface area contributed by atoms with Crippen molar-refractivity contribution in [3.63, 3.8) is 0 Å². The molecule has 2 rings (SSSR count). The Morgan fingerprint density at radius 3 is 2.32 bits per heavy atom. The highest BCUT2D eigenvalue weighted by Gasteiger charge is 2.21. The van der Waals surface area contributed by atoms with Gasteiger partial charge in [-0.2, -0.15) is 0 Å². The molecule has 0 amide bonds. The third-order valence-electron chi connectivity index (χ3n) is 4.70. The molecule has 0 heterocycles. The molecular weight excluding hydrogens is 360 g/mol. The fourth-order valence-electron chi connectivity index (χ4n) is 3.16. The number of nitrogen functional groups attached to an aromatic ring is 1. The summed E-state index contributed by atoms with van der Waals surface area (Å²) in [7, 11) is 2.24. The Bertz CT molecular complexity index is 491. The van der Waals surface area contributed by atoms with Gasteiger partial charge in [-0.05, 0) is 58.4 Å². The van der Waals surface area contributed by atoms with Crippen molar-refractivity contribution in [3.8, 4) is 0 Å². The predicted molar refractivity (Wildman–Crippen MR) is 103 cm³/mol. The molecule has 0 spiro atoms. The fourth-order valence-corrected chi connectivity index (χ4v) is 3.66. The van der Waals surface area contributed by atoms with Gasteiger partial charge < -0.3 is 5.73 Å². The number of rotatable bonds is 3. The number of anilines is 1. The van der Waals surface area contributed by atoms with Gasteiger partial charge in [0.25, 0.3) is 0 Å². The maximum atomic E-state index is 6.30. The van der Waals surface area contributed by atoms with Crippen molar-refractivity contribution in [1.82, 2.24) is 4.90 Å². The Labute approximate surface area is 150 Å². The Hall–Kier alpha value is -0.250. The molecule has 1 aliphatic rings. The smallest absolute Gasteiger partial charge is 0.0504 e. The maximum absolute atomic E-state index is 6.30. The molecule has 1 saturated carbocycles. The third kappa shape index (κ3) is 4.87. The van der Waals surface area contributed by atoms with Gasteiger partial charge in [0.15, 0.2) is 0 Å². The maximum Gasteiger partial charge on any atom is 0.0504 e. The molecule has 0 bridgehead atoms. The van der Waals surface area contributed by atoms with Crippen molar-refractivity contribution < 1.29 is 0 Å². The van der Waals surface area contributed by atoms with Crippen LogP contribution in [0.5, 0.6) is 0 Å². The molecule has 22 heavy (non-hydrogen) atoms. The number of hydrogen-bond acceptors (Lipinski definition) is 2. The summed E-state index contributed by atoms with van der Waals surface area (Å²) in [6.45, 7) is 7.69. The second-order valence-electron chi connectivity index (χ2n) is 7.49. The average Bonchev–Trinajstić information content (AvgIpc) is 2.43. The lowest BCUT2D eigenvalue weighted by Gasteiger charge is -2.32. The van der Waals surface area contributed by atoms with Gasteiger partial charge in [0.2, 0.25) is 0 Å². The summed E-state index contributed by atoms with van der Waals surface area (Å²) >= 11 is 3.63. The van der Waals surface area contributed by atoms with Crippen LogP contribution in [-0.2, 0) is 12.0 Å². The van der Waals surface area contributed by atoms with E-state index in [9.17, 15) is 0 Å². The Morgan fingerprint density at radius 2 is 1.77 bits per heavy atom. The van der Waals surface area contributed by atoms with Crippen molar-refractivity contribution in [2.75, 3.05) is 12.8 Å². The number of nitrogens with two attached hydrogens (primary N) is 1. The van der Waals surface area contributed by atoms with E-state index < -0.39 is 0 Å². The molecule has 0 unspecified atom stereocenters. The fraction of sp³-hybridized carbons (Fsp3) is 0.667. The van der Waals surface area contributed by atoms with Crippen LogP contribution in [0.3, 0.4) is 0 Å². The van der Waals surface area contributed by atoms with E-state index in [2.05, 4.69) is 60.8 Å². The van der Waals surface area contributed by atoms with E-state index in [-0.39, 0.29) is 17.8 Å². The van der Waals surface area contributed by atoms with E-state index in [0.29, 0.717) is 0 Å². The third-order valence-corrected chi connectivity index (χ3v) is 5.36. The van der Waals surface area contributed by atoms with Crippen LogP contribution in [-0.4, -0.2) is 18.0 Å². The lowest BCUT2D eigenvalue weighted by molar-refractivity contribution is 0.185. The van der Waals surface area contributed by atoms with Crippen LogP contribution in [0.15, 0.2) is 16.6 Å². The zero-order chi connectivity index (χ0) is 15.6. The lowest BCUT2D eigenvalue weighted by atomic mass is 9.85. The monoisotopic (exact) mass is 388 g/mol. The SMILES string of the molecule is CN(Cc1cc(C(C)(C)C)cc(Br)c1N)C1CCCCC1.Cl. The molecular formula is C18H30BrClN2. The summed E-state index contributed by atoms with van der Waals surface area (Å²) in [5.74, 6) is 0. The highest BCUT2D eigenvalue weighted by Crippen LogP contribution is 2.33. The van der Waals surface area contributed by atoms with E-state index in [0.717, 1.165) is 22.7 Å². The first-order valence-corrected chi connectivity index (χ1v) is 8.87. The zero-order valence-electron chi connectivity index (χ0n) is 14.3. The number of halogens is 2. The minimum absolute atomic E-state index is 0. The Balaban J connectivity index is 0.00000242. The Kier molecular flexibility index (Phi) is 7.22. The summed E-state index contributed by atoms with van der Waals surface area (Å²) in [6, 6.07) is 5.17. The van der Waals surface area contributed by atoms with Crippen LogP contribution in [0.1, 0.15) is 64.0 Å². The summed E-state index contributed by atoms with van der Waals surface area (Å²) in [4.78, 5) is 2.49. The molecule has 0 aliphatic heterocycles. The standard InChI is InChI=1S/C18H29BrN2.ClH/c1-18(2,3)14-10-13(17(20)16(19)11-14)12-21(4)15-8-6-5-7-9-15;/h10-11,15H,5-9,12,20H2,1-4H3;1H. The number of nitrogens with zero attached hydrogens (tertiary/aromatic N) is 1. The van der Waals surface area contributed by atoms with Crippen molar-refractivity contribution in [2.24, 2.45) is 0 Å². The second kappa shape index (κ2) is 8.03. The molecule has 0 atom stereocenters. The molecule has 126 valence electrons. The summed E-state index contributed by atoms with van der Waals surface area (Å²) in [6.07, 6.45) is 6.80. The average molecular weight is 390 g/mol. The van der Waals surface area contributed by atoms with Crippen molar-refractivity contribution >= 4 is 34.0 Å². The van der Waals surface area contributed by atoms with Crippen LogP contribution in [0.2, 0.25) is 0 Å². The van der Waals surface area contributed by atoms with Gasteiger partial charge in [-0.1, -0.05) is 46.1 Å². The minimum Gasteiger partial charge on any atom is -0.398 e. The van der Waals surface area contributed by atoms with Gasteiger partial charge in [-0.25, -0.2) is 0 Å². The Morgan fingerprint density at radius 1 is 1.18 bits per heavy atom.